The summed E-state index contributed by atoms with van der Waals surface area (Å²) in [6, 6.07) is 0. The molecular weight excluding hydrogens is 276 g/mol. The van der Waals surface area contributed by atoms with E-state index in [2.05, 4.69) is 19.9 Å². The molecule has 2 atom stereocenters. The van der Waals surface area contributed by atoms with Crippen LogP contribution < -0.4 is 0 Å². The molecule has 0 rings (SSSR count). The van der Waals surface area contributed by atoms with Gasteiger partial charge in [-0.3, -0.25) is 0 Å². The van der Waals surface area contributed by atoms with E-state index in [0.29, 0.717) is 6.61 Å². The van der Waals surface area contributed by atoms with Gasteiger partial charge in [-0.1, -0.05) is 51.5 Å². The fourth-order valence-corrected chi connectivity index (χ4v) is 2.62. The summed E-state index contributed by atoms with van der Waals surface area (Å²) in [5, 5.41) is 0. The van der Waals surface area contributed by atoms with Gasteiger partial charge in [0.05, 0.1) is 6.10 Å². The molecule has 0 amide bonds. The molecule has 2 unspecified atom stereocenters. The quantitative estimate of drug-likeness (QED) is 0.227. The molecule has 0 aromatic rings. The summed E-state index contributed by atoms with van der Waals surface area (Å²) in [5.41, 5.74) is 1.29. The van der Waals surface area contributed by atoms with Crippen LogP contribution in [0.1, 0.15) is 78.6 Å². The first-order chi connectivity index (χ1) is 10.7. The minimum absolute atomic E-state index is 0.0843. The number of unbranched alkanes of at least 4 members (excludes halogenated alkanes) is 7. The average molecular weight is 315 g/mol. The Kier molecular flexibility index (Phi) is 15.2. The minimum Gasteiger partial charge on any atom is -0.377 e. The van der Waals surface area contributed by atoms with Gasteiger partial charge in [-0.05, 0) is 32.3 Å². The third-order valence-corrected chi connectivity index (χ3v) is 4.09. The summed E-state index contributed by atoms with van der Waals surface area (Å²) in [6.45, 7) is 7.06. The summed E-state index contributed by atoms with van der Waals surface area (Å²) in [7, 11) is 3.44. The molecule has 0 radical (unpaired) electrons. The van der Waals surface area contributed by atoms with Crippen molar-refractivity contribution in [2.24, 2.45) is 0 Å². The van der Waals surface area contributed by atoms with Gasteiger partial charge < -0.3 is 14.2 Å². The Hall–Kier alpha value is -0.380. The van der Waals surface area contributed by atoms with Crippen LogP contribution >= 0.6 is 0 Å². The topological polar surface area (TPSA) is 27.7 Å². The van der Waals surface area contributed by atoms with E-state index in [1.165, 1.54) is 50.5 Å². The molecule has 0 saturated carbocycles. The molecule has 0 N–H and O–H groups in total. The molecule has 3 heteroatoms. The molecule has 0 aliphatic carbocycles. The second kappa shape index (κ2) is 15.5. The summed E-state index contributed by atoms with van der Waals surface area (Å²) >= 11 is 0. The minimum atomic E-state index is -0.183. The van der Waals surface area contributed by atoms with Crippen LogP contribution in [0.15, 0.2) is 11.6 Å². The fraction of sp³-hybridized carbons (Fsp3) is 0.895. The van der Waals surface area contributed by atoms with Crippen molar-refractivity contribution in [3.8, 4) is 0 Å². The van der Waals surface area contributed by atoms with Crippen molar-refractivity contribution in [1.29, 1.82) is 0 Å². The third-order valence-electron chi connectivity index (χ3n) is 4.09. The lowest BCUT2D eigenvalue weighted by Crippen LogP contribution is -2.25. The average Bonchev–Trinajstić information content (AvgIpc) is 2.53. The Balaban J connectivity index is 3.94. The van der Waals surface area contributed by atoms with Crippen LogP contribution in [-0.4, -0.2) is 33.2 Å². The highest BCUT2D eigenvalue weighted by Crippen LogP contribution is 2.16. The van der Waals surface area contributed by atoms with Crippen molar-refractivity contribution >= 4 is 0 Å². The maximum atomic E-state index is 5.58. The van der Waals surface area contributed by atoms with Crippen molar-refractivity contribution in [2.75, 3.05) is 20.8 Å². The lowest BCUT2D eigenvalue weighted by molar-refractivity contribution is -0.137. The second-order valence-electron chi connectivity index (χ2n) is 5.94. The molecule has 0 aromatic carbocycles. The Morgan fingerprint density at radius 2 is 1.55 bits per heavy atom. The van der Waals surface area contributed by atoms with E-state index in [4.69, 9.17) is 14.2 Å². The summed E-state index contributed by atoms with van der Waals surface area (Å²) < 4.78 is 16.5. The van der Waals surface area contributed by atoms with E-state index in [0.717, 1.165) is 12.8 Å². The number of methoxy groups -OCH3 is 2. The first-order valence-electron chi connectivity index (χ1n) is 9.03. The Labute approximate surface area is 138 Å². The molecule has 0 bridgehead atoms. The maximum absolute atomic E-state index is 5.58. The van der Waals surface area contributed by atoms with Crippen molar-refractivity contribution in [3.63, 3.8) is 0 Å². The van der Waals surface area contributed by atoms with Crippen LogP contribution in [0.2, 0.25) is 0 Å². The monoisotopic (exact) mass is 314 g/mol. The molecule has 0 spiro atoms. The zero-order valence-electron chi connectivity index (χ0n) is 15.5. The number of rotatable bonds is 15. The number of ether oxygens (including phenoxy) is 3. The van der Waals surface area contributed by atoms with Crippen LogP contribution in [-0.2, 0) is 14.2 Å². The van der Waals surface area contributed by atoms with E-state index >= 15 is 0 Å². The first kappa shape index (κ1) is 21.6. The van der Waals surface area contributed by atoms with Gasteiger partial charge in [-0.25, -0.2) is 0 Å². The Bertz CT molecular complexity index is 263. The van der Waals surface area contributed by atoms with Crippen molar-refractivity contribution in [3.05, 3.63) is 11.6 Å². The number of allylic oxidation sites excluding steroid dienone is 1. The van der Waals surface area contributed by atoms with Gasteiger partial charge in [0, 0.05) is 27.2 Å². The van der Waals surface area contributed by atoms with E-state index in [9.17, 15) is 0 Å². The summed E-state index contributed by atoms with van der Waals surface area (Å²) in [5.74, 6) is 0. The van der Waals surface area contributed by atoms with E-state index < -0.39 is 0 Å². The van der Waals surface area contributed by atoms with Gasteiger partial charge in [0.25, 0.3) is 0 Å². The van der Waals surface area contributed by atoms with Crippen molar-refractivity contribution < 1.29 is 14.2 Å². The zero-order valence-corrected chi connectivity index (χ0v) is 15.5. The molecule has 22 heavy (non-hydrogen) atoms. The summed E-state index contributed by atoms with van der Waals surface area (Å²) in [6.07, 6.45) is 13.6. The SMILES string of the molecule is CCCCCCCCC/C=C(\C)C(CC(OC)OCC)OC. The maximum Gasteiger partial charge on any atom is 0.159 e. The zero-order chi connectivity index (χ0) is 16.6. The van der Waals surface area contributed by atoms with Gasteiger partial charge in [0.2, 0.25) is 0 Å². The second-order valence-corrected chi connectivity index (χ2v) is 5.94. The predicted octanol–water partition coefficient (Wildman–Crippen LogP) is 5.49. The van der Waals surface area contributed by atoms with Crippen LogP contribution in [0.3, 0.4) is 0 Å². The van der Waals surface area contributed by atoms with Gasteiger partial charge in [-0.15, -0.1) is 0 Å². The van der Waals surface area contributed by atoms with Gasteiger partial charge in [0.15, 0.2) is 6.29 Å². The Morgan fingerprint density at radius 1 is 0.909 bits per heavy atom. The number of hydrogen-bond acceptors (Lipinski definition) is 3. The molecule has 0 saturated heterocycles. The van der Waals surface area contributed by atoms with Crippen LogP contribution in [0.5, 0.6) is 0 Å². The predicted molar refractivity (Wildman–Crippen MR) is 94.2 cm³/mol. The van der Waals surface area contributed by atoms with Gasteiger partial charge >= 0.3 is 0 Å². The van der Waals surface area contributed by atoms with E-state index in [-0.39, 0.29) is 12.4 Å². The first-order valence-corrected chi connectivity index (χ1v) is 9.03. The Morgan fingerprint density at radius 3 is 2.09 bits per heavy atom. The molecule has 0 heterocycles. The lowest BCUT2D eigenvalue weighted by atomic mass is 10.0. The van der Waals surface area contributed by atoms with E-state index in [1.54, 1.807) is 14.2 Å². The molecule has 0 aromatic heterocycles. The number of hydrogen-bond donors (Lipinski definition) is 0. The highest BCUT2D eigenvalue weighted by molar-refractivity contribution is 5.05. The smallest absolute Gasteiger partial charge is 0.159 e. The molecule has 0 aliphatic rings. The van der Waals surface area contributed by atoms with Crippen LogP contribution in [0.25, 0.3) is 0 Å². The molecular formula is C19H38O3. The highest BCUT2D eigenvalue weighted by Gasteiger charge is 2.17. The lowest BCUT2D eigenvalue weighted by Gasteiger charge is -2.22. The fourth-order valence-electron chi connectivity index (χ4n) is 2.62. The molecule has 0 aliphatic heterocycles. The molecule has 132 valence electrons. The molecule has 3 nitrogen and oxygen atoms in total. The van der Waals surface area contributed by atoms with Crippen molar-refractivity contribution in [1.82, 2.24) is 0 Å². The molecule has 0 fully saturated rings. The van der Waals surface area contributed by atoms with Gasteiger partial charge in [0.1, 0.15) is 0 Å². The van der Waals surface area contributed by atoms with Gasteiger partial charge in [-0.2, -0.15) is 0 Å². The normalized spacial score (nSPS) is 15.0. The van der Waals surface area contributed by atoms with Crippen LogP contribution in [0.4, 0.5) is 0 Å². The van der Waals surface area contributed by atoms with Crippen LogP contribution in [0, 0.1) is 0 Å². The van der Waals surface area contributed by atoms with E-state index in [1.807, 2.05) is 6.92 Å². The standard InChI is InChI=1S/C19H38O3/c1-6-8-9-10-11-12-13-14-15-17(3)18(20-4)16-19(21-5)22-7-2/h15,18-19H,6-14,16H2,1-5H3/b17-15+. The third kappa shape index (κ3) is 11.2. The summed E-state index contributed by atoms with van der Waals surface area (Å²) in [4.78, 5) is 0. The highest BCUT2D eigenvalue weighted by atomic mass is 16.7. The van der Waals surface area contributed by atoms with Crippen molar-refractivity contribution in [2.45, 2.75) is 91.0 Å². The largest absolute Gasteiger partial charge is 0.377 e.